The molecule has 102 valence electrons. The van der Waals surface area contributed by atoms with Crippen molar-refractivity contribution in [2.75, 3.05) is 20.1 Å². The van der Waals surface area contributed by atoms with Gasteiger partial charge in [0.25, 0.3) is 0 Å². The molecule has 0 bridgehead atoms. The van der Waals surface area contributed by atoms with E-state index in [0.717, 1.165) is 31.3 Å². The molecular weight excluding hydrogens is 236 g/mol. The number of carbonyl (C=O) groups excluding carboxylic acids is 1. The molecule has 0 saturated heterocycles. The lowest BCUT2D eigenvalue weighted by atomic mass is 9.83. The molecule has 0 unspecified atom stereocenters. The van der Waals surface area contributed by atoms with Crippen LogP contribution < -0.4 is 10.6 Å². The number of rotatable bonds is 6. The zero-order valence-corrected chi connectivity index (χ0v) is 11.9. The van der Waals surface area contributed by atoms with E-state index in [2.05, 4.69) is 17.6 Å². The molecule has 1 fully saturated rings. The van der Waals surface area contributed by atoms with E-state index >= 15 is 0 Å². The quantitative estimate of drug-likeness (QED) is 0.722. The Morgan fingerprint density at radius 3 is 2.47 bits per heavy atom. The van der Waals surface area contributed by atoms with Crippen molar-refractivity contribution in [2.45, 2.75) is 45.4 Å². The maximum Gasteiger partial charge on any atom is 0.220 e. The second kappa shape index (κ2) is 9.72. The fraction of sp³-hybridized carbons (Fsp3) is 0.923. The lowest BCUT2D eigenvalue weighted by molar-refractivity contribution is -0.121. The standard InChI is InChI=1S/C13H26N2O.ClH/c1-11-5-7-12(8-6-11)10-15-13(16)4-3-9-14-2;/h11-12,14H,3-10H2,1-2H3,(H,15,16);1H. The highest BCUT2D eigenvalue weighted by Gasteiger charge is 2.18. The molecule has 0 aromatic carbocycles. The second-order valence-electron chi connectivity index (χ2n) is 5.14. The van der Waals surface area contributed by atoms with Crippen LogP contribution in [0.2, 0.25) is 0 Å². The smallest absolute Gasteiger partial charge is 0.220 e. The van der Waals surface area contributed by atoms with E-state index in [0.29, 0.717) is 6.42 Å². The molecule has 0 heterocycles. The van der Waals surface area contributed by atoms with Crippen LogP contribution in [-0.4, -0.2) is 26.0 Å². The van der Waals surface area contributed by atoms with Gasteiger partial charge in [0.15, 0.2) is 0 Å². The van der Waals surface area contributed by atoms with Crippen molar-refractivity contribution >= 4 is 18.3 Å². The molecule has 1 aliphatic rings. The average molecular weight is 263 g/mol. The minimum atomic E-state index is 0. The molecule has 3 nitrogen and oxygen atoms in total. The maximum atomic E-state index is 11.5. The number of hydrogen-bond donors (Lipinski definition) is 2. The molecule has 1 amide bonds. The third-order valence-corrected chi connectivity index (χ3v) is 3.55. The largest absolute Gasteiger partial charge is 0.356 e. The molecule has 1 aliphatic carbocycles. The van der Waals surface area contributed by atoms with E-state index in [-0.39, 0.29) is 18.3 Å². The number of hydrogen-bond acceptors (Lipinski definition) is 2. The molecule has 1 rings (SSSR count). The normalized spacial score (nSPS) is 23.9. The van der Waals surface area contributed by atoms with Crippen molar-refractivity contribution < 1.29 is 4.79 Å². The Balaban J connectivity index is 0.00000256. The lowest BCUT2D eigenvalue weighted by Crippen LogP contribution is -2.31. The average Bonchev–Trinajstić information content (AvgIpc) is 2.29. The summed E-state index contributed by atoms with van der Waals surface area (Å²) in [6.07, 6.45) is 6.84. The van der Waals surface area contributed by atoms with Crippen molar-refractivity contribution in [2.24, 2.45) is 11.8 Å². The van der Waals surface area contributed by atoms with E-state index in [1.807, 2.05) is 7.05 Å². The molecule has 0 spiro atoms. The molecule has 0 aliphatic heterocycles. The molecular formula is C13H27ClN2O. The first-order valence-corrected chi connectivity index (χ1v) is 6.63. The molecule has 4 heteroatoms. The molecule has 0 radical (unpaired) electrons. The summed E-state index contributed by atoms with van der Waals surface area (Å²) in [6, 6.07) is 0. The fourth-order valence-corrected chi connectivity index (χ4v) is 2.31. The summed E-state index contributed by atoms with van der Waals surface area (Å²) in [5.41, 5.74) is 0. The van der Waals surface area contributed by atoms with Crippen molar-refractivity contribution in [3.63, 3.8) is 0 Å². The van der Waals surface area contributed by atoms with Gasteiger partial charge in [-0.25, -0.2) is 0 Å². The Bertz CT molecular complexity index is 204. The molecule has 1 saturated carbocycles. The van der Waals surface area contributed by atoms with E-state index in [4.69, 9.17) is 0 Å². The monoisotopic (exact) mass is 262 g/mol. The summed E-state index contributed by atoms with van der Waals surface area (Å²) in [4.78, 5) is 11.5. The molecule has 0 aromatic rings. The summed E-state index contributed by atoms with van der Waals surface area (Å²) in [5, 5.41) is 6.11. The Morgan fingerprint density at radius 2 is 1.88 bits per heavy atom. The van der Waals surface area contributed by atoms with Crippen LogP contribution in [0.4, 0.5) is 0 Å². The van der Waals surface area contributed by atoms with Crippen LogP contribution in [0.15, 0.2) is 0 Å². The first-order valence-electron chi connectivity index (χ1n) is 6.63. The molecule has 0 aromatic heterocycles. The third kappa shape index (κ3) is 7.61. The summed E-state index contributed by atoms with van der Waals surface area (Å²) >= 11 is 0. The van der Waals surface area contributed by atoms with E-state index in [1.54, 1.807) is 0 Å². The highest BCUT2D eigenvalue weighted by atomic mass is 35.5. The van der Waals surface area contributed by atoms with Crippen molar-refractivity contribution in [1.82, 2.24) is 10.6 Å². The van der Waals surface area contributed by atoms with Crippen molar-refractivity contribution in [1.29, 1.82) is 0 Å². The molecule has 0 atom stereocenters. The van der Waals surface area contributed by atoms with Crippen LogP contribution >= 0.6 is 12.4 Å². The first-order chi connectivity index (χ1) is 7.72. The Hall–Kier alpha value is -0.280. The van der Waals surface area contributed by atoms with Gasteiger partial charge >= 0.3 is 0 Å². The number of halogens is 1. The predicted molar refractivity (Wildman–Crippen MR) is 74.5 cm³/mol. The van der Waals surface area contributed by atoms with Gasteiger partial charge in [0, 0.05) is 13.0 Å². The third-order valence-electron chi connectivity index (χ3n) is 3.55. The van der Waals surface area contributed by atoms with E-state index < -0.39 is 0 Å². The summed E-state index contributed by atoms with van der Waals surface area (Å²) in [7, 11) is 1.92. The minimum Gasteiger partial charge on any atom is -0.356 e. The van der Waals surface area contributed by atoms with Gasteiger partial charge in [0.05, 0.1) is 0 Å². The topological polar surface area (TPSA) is 41.1 Å². The van der Waals surface area contributed by atoms with Crippen LogP contribution in [0.5, 0.6) is 0 Å². The van der Waals surface area contributed by atoms with Gasteiger partial charge in [-0.15, -0.1) is 12.4 Å². The number of amides is 1. The Labute approximate surface area is 112 Å². The van der Waals surface area contributed by atoms with E-state index in [1.165, 1.54) is 25.7 Å². The fourth-order valence-electron chi connectivity index (χ4n) is 2.31. The second-order valence-corrected chi connectivity index (χ2v) is 5.14. The van der Waals surface area contributed by atoms with Crippen LogP contribution in [-0.2, 0) is 4.79 Å². The first kappa shape index (κ1) is 16.7. The van der Waals surface area contributed by atoms with Crippen molar-refractivity contribution in [3.8, 4) is 0 Å². The van der Waals surface area contributed by atoms with Crippen LogP contribution in [0.3, 0.4) is 0 Å². The van der Waals surface area contributed by atoms with Gasteiger partial charge in [0.2, 0.25) is 5.91 Å². The maximum absolute atomic E-state index is 11.5. The zero-order chi connectivity index (χ0) is 11.8. The summed E-state index contributed by atoms with van der Waals surface area (Å²) in [6.45, 7) is 4.14. The van der Waals surface area contributed by atoms with Gasteiger partial charge in [0.1, 0.15) is 0 Å². The summed E-state index contributed by atoms with van der Waals surface area (Å²) < 4.78 is 0. The number of carbonyl (C=O) groups is 1. The van der Waals surface area contributed by atoms with Crippen molar-refractivity contribution in [3.05, 3.63) is 0 Å². The highest BCUT2D eigenvalue weighted by molar-refractivity contribution is 5.85. The van der Waals surface area contributed by atoms with Gasteiger partial charge in [-0.3, -0.25) is 4.79 Å². The lowest BCUT2D eigenvalue weighted by Gasteiger charge is -2.26. The number of nitrogens with one attached hydrogen (secondary N) is 2. The van der Waals surface area contributed by atoms with Crippen LogP contribution in [0, 0.1) is 11.8 Å². The highest BCUT2D eigenvalue weighted by Crippen LogP contribution is 2.27. The van der Waals surface area contributed by atoms with Gasteiger partial charge in [-0.1, -0.05) is 19.8 Å². The Kier molecular flexibility index (Phi) is 9.56. The van der Waals surface area contributed by atoms with Gasteiger partial charge in [-0.05, 0) is 44.7 Å². The SMILES string of the molecule is CNCCCC(=O)NCC1CCC(C)CC1.Cl. The summed E-state index contributed by atoms with van der Waals surface area (Å²) in [5.74, 6) is 1.83. The minimum absolute atomic E-state index is 0. The van der Waals surface area contributed by atoms with E-state index in [9.17, 15) is 4.79 Å². The Morgan fingerprint density at radius 1 is 1.24 bits per heavy atom. The molecule has 17 heavy (non-hydrogen) atoms. The zero-order valence-electron chi connectivity index (χ0n) is 11.1. The van der Waals surface area contributed by atoms with Crippen LogP contribution in [0.1, 0.15) is 45.4 Å². The van der Waals surface area contributed by atoms with Gasteiger partial charge < -0.3 is 10.6 Å². The predicted octanol–water partition coefficient (Wildman–Crippen LogP) is 2.35. The van der Waals surface area contributed by atoms with Crippen LogP contribution in [0.25, 0.3) is 0 Å². The van der Waals surface area contributed by atoms with Gasteiger partial charge in [-0.2, -0.15) is 0 Å². The molecule has 2 N–H and O–H groups in total.